The van der Waals surface area contributed by atoms with Gasteiger partial charge in [-0.15, -0.1) is 0 Å². The molecule has 6 heteroatoms. The van der Waals surface area contributed by atoms with Crippen molar-refractivity contribution in [2.75, 3.05) is 0 Å². The molecule has 2 aromatic carbocycles. The lowest BCUT2D eigenvalue weighted by atomic mass is 10.0. The molecule has 0 spiro atoms. The second-order valence-electron chi connectivity index (χ2n) is 5.94. The summed E-state index contributed by atoms with van der Waals surface area (Å²) in [7, 11) is 0. The van der Waals surface area contributed by atoms with Gasteiger partial charge >= 0.3 is 5.97 Å². The topological polar surface area (TPSA) is 86.6 Å². The number of hydrogen-bond donors (Lipinski definition) is 3. The van der Waals surface area contributed by atoms with Gasteiger partial charge in [0.1, 0.15) is 0 Å². The third kappa shape index (κ3) is 6.06. The van der Waals surface area contributed by atoms with Crippen LogP contribution in [0.15, 0.2) is 60.7 Å². The highest BCUT2D eigenvalue weighted by molar-refractivity contribution is 7.80. The van der Waals surface area contributed by atoms with Gasteiger partial charge in [-0.25, -0.2) is 4.79 Å². The maximum Gasteiger partial charge on any atom is 0.334 e. The molecule has 0 radical (unpaired) electrons. The van der Waals surface area contributed by atoms with Crippen molar-refractivity contribution in [2.24, 2.45) is 0 Å². The highest BCUT2D eigenvalue weighted by Gasteiger charge is 2.26. The maximum absolute atomic E-state index is 12.1. The standard InChI is InChI=1S/C20H21NO4S/c22-17(15-9-5-2-6-10-15)11-12-18(26)21-16(19(23)20(24)25)13-14-7-3-1-4-8-14/h1-10,16,19,23H,11-13H2,(H,21,26)(H,24,25). The Kier molecular flexibility index (Phi) is 7.44. The second-order valence-corrected chi connectivity index (χ2v) is 6.43. The van der Waals surface area contributed by atoms with Gasteiger partial charge in [-0.05, 0) is 12.0 Å². The number of hydrogen-bond acceptors (Lipinski definition) is 4. The first kappa shape index (κ1) is 19.8. The van der Waals surface area contributed by atoms with Gasteiger partial charge < -0.3 is 15.5 Å². The number of aliphatic hydroxyl groups excluding tert-OH is 1. The summed E-state index contributed by atoms with van der Waals surface area (Å²) in [5.41, 5.74) is 1.50. The van der Waals surface area contributed by atoms with Crippen LogP contribution in [0.2, 0.25) is 0 Å². The van der Waals surface area contributed by atoms with Gasteiger partial charge in [0.15, 0.2) is 11.9 Å². The van der Waals surface area contributed by atoms with Crippen LogP contribution in [0.5, 0.6) is 0 Å². The zero-order chi connectivity index (χ0) is 18.9. The van der Waals surface area contributed by atoms with Gasteiger partial charge in [-0.3, -0.25) is 4.79 Å². The van der Waals surface area contributed by atoms with Gasteiger partial charge in [0, 0.05) is 18.4 Å². The lowest BCUT2D eigenvalue weighted by Crippen LogP contribution is -2.47. The van der Waals surface area contributed by atoms with E-state index in [1.54, 1.807) is 24.3 Å². The van der Waals surface area contributed by atoms with Crippen LogP contribution in [-0.2, 0) is 11.2 Å². The van der Waals surface area contributed by atoms with Crippen molar-refractivity contribution >= 4 is 29.0 Å². The summed E-state index contributed by atoms with van der Waals surface area (Å²) < 4.78 is 0. The van der Waals surface area contributed by atoms with E-state index in [0.717, 1.165) is 5.56 Å². The minimum Gasteiger partial charge on any atom is -0.479 e. The van der Waals surface area contributed by atoms with Crippen LogP contribution in [0.1, 0.15) is 28.8 Å². The Morgan fingerprint density at radius 2 is 1.54 bits per heavy atom. The quantitative estimate of drug-likeness (QED) is 0.464. The van der Waals surface area contributed by atoms with E-state index >= 15 is 0 Å². The van der Waals surface area contributed by atoms with E-state index in [0.29, 0.717) is 23.4 Å². The summed E-state index contributed by atoms with van der Waals surface area (Å²) in [6.07, 6.45) is -0.781. The molecule has 0 saturated carbocycles. The van der Waals surface area contributed by atoms with E-state index in [4.69, 9.17) is 17.3 Å². The van der Waals surface area contributed by atoms with Gasteiger partial charge in [0.05, 0.1) is 11.0 Å². The Morgan fingerprint density at radius 1 is 0.962 bits per heavy atom. The predicted octanol–water partition coefficient (Wildman–Crippen LogP) is 2.62. The Balaban J connectivity index is 1.95. The first-order valence-corrected chi connectivity index (χ1v) is 8.70. The van der Waals surface area contributed by atoms with Gasteiger partial charge in [0.2, 0.25) is 0 Å². The molecular weight excluding hydrogens is 350 g/mol. The van der Waals surface area contributed by atoms with Crippen LogP contribution < -0.4 is 5.32 Å². The van der Waals surface area contributed by atoms with Crippen molar-refractivity contribution in [3.63, 3.8) is 0 Å². The highest BCUT2D eigenvalue weighted by atomic mass is 32.1. The van der Waals surface area contributed by atoms with Crippen molar-refractivity contribution in [2.45, 2.75) is 31.4 Å². The van der Waals surface area contributed by atoms with E-state index in [1.165, 1.54) is 0 Å². The normalized spacial score (nSPS) is 12.8. The molecule has 5 nitrogen and oxygen atoms in total. The SMILES string of the molecule is O=C(CCC(=S)NC(Cc1ccccc1)C(O)C(=O)O)c1ccccc1. The molecule has 26 heavy (non-hydrogen) atoms. The Morgan fingerprint density at radius 3 is 2.12 bits per heavy atom. The van der Waals surface area contributed by atoms with Crippen LogP contribution >= 0.6 is 12.2 Å². The Hall–Kier alpha value is -2.57. The molecule has 0 aliphatic rings. The largest absolute Gasteiger partial charge is 0.479 e. The number of aliphatic hydroxyl groups is 1. The molecular formula is C20H21NO4S. The number of benzene rings is 2. The van der Waals surface area contributed by atoms with Gasteiger partial charge in [-0.1, -0.05) is 72.9 Å². The molecule has 2 rings (SSSR count). The van der Waals surface area contributed by atoms with E-state index in [2.05, 4.69) is 5.32 Å². The molecule has 136 valence electrons. The average Bonchev–Trinajstić information content (AvgIpc) is 2.66. The van der Waals surface area contributed by atoms with Crippen molar-refractivity contribution < 1.29 is 19.8 Å². The van der Waals surface area contributed by atoms with Crippen molar-refractivity contribution in [3.8, 4) is 0 Å². The van der Waals surface area contributed by atoms with Crippen LogP contribution in [0.3, 0.4) is 0 Å². The van der Waals surface area contributed by atoms with E-state index in [-0.39, 0.29) is 12.2 Å². The third-order valence-electron chi connectivity index (χ3n) is 3.95. The molecule has 2 atom stereocenters. The van der Waals surface area contributed by atoms with Crippen molar-refractivity contribution in [1.29, 1.82) is 0 Å². The molecule has 3 N–H and O–H groups in total. The molecule has 0 fully saturated rings. The molecule has 0 saturated heterocycles. The number of carboxylic acid groups (broad SMARTS) is 1. The number of thiocarbonyl (C=S) groups is 1. The molecule has 2 unspecified atom stereocenters. The summed E-state index contributed by atoms with van der Waals surface area (Å²) in [5.74, 6) is -1.35. The van der Waals surface area contributed by atoms with Crippen LogP contribution in [0.4, 0.5) is 0 Å². The number of nitrogens with one attached hydrogen (secondary N) is 1. The zero-order valence-corrected chi connectivity index (χ0v) is 15.0. The second kappa shape index (κ2) is 9.79. The molecule has 0 aliphatic carbocycles. The fraction of sp³-hybridized carbons (Fsp3) is 0.250. The summed E-state index contributed by atoms with van der Waals surface area (Å²) in [5, 5.41) is 22.0. The number of carboxylic acids is 1. The summed E-state index contributed by atoms with van der Waals surface area (Å²) >= 11 is 5.25. The Bertz CT molecular complexity index is 749. The summed E-state index contributed by atoms with van der Waals surface area (Å²) in [4.78, 5) is 23.7. The minimum atomic E-state index is -1.60. The fourth-order valence-corrected chi connectivity index (χ4v) is 2.81. The van der Waals surface area contributed by atoms with Crippen LogP contribution in [0.25, 0.3) is 0 Å². The summed E-state index contributed by atoms with van der Waals surface area (Å²) in [6, 6.07) is 17.4. The number of aliphatic carboxylic acids is 1. The molecule has 0 aromatic heterocycles. The zero-order valence-electron chi connectivity index (χ0n) is 14.2. The number of carbonyl (C=O) groups is 2. The first-order chi connectivity index (χ1) is 12.5. The van der Waals surface area contributed by atoms with Gasteiger partial charge in [0.25, 0.3) is 0 Å². The Labute approximate surface area is 157 Å². The lowest BCUT2D eigenvalue weighted by Gasteiger charge is -2.23. The molecule has 0 amide bonds. The molecule has 0 aliphatic heterocycles. The van der Waals surface area contributed by atoms with Crippen molar-refractivity contribution in [1.82, 2.24) is 5.32 Å². The number of Topliss-reactive ketones (excluding diaryl/α,β-unsaturated/α-hetero) is 1. The summed E-state index contributed by atoms with van der Waals surface area (Å²) in [6.45, 7) is 0. The van der Waals surface area contributed by atoms with Gasteiger partial charge in [-0.2, -0.15) is 0 Å². The van der Waals surface area contributed by atoms with E-state index < -0.39 is 18.1 Å². The van der Waals surface area contributed by atoms with Crippen LogP contribution in [0, 0.1) is 0 Å². The van der Waals surface area contributed by atoms with Crippen LogP contribution in [-0.4, -0.2) is 39.1 Å². The third-order valence-corrected chi connectivity index (χ3v) is 4.28. The highest BCUT2D eigenvalue weighted by Crippen LogP contribution is 2.09. The average molecular weight is 371 g/mol. The minimum absolute atomic E-state index is 0.0341. The predicted molar refractivity (Wildman–Crippen MR) is 103 cm³/mol. The fourth-order valence-electron chi connectivity index (χ4n) is 2.56. The van der Waals surface area contributed by atoms with E-state index in [9.17, 15) is 14.7 Å². The molecule has 0 bridgehead atoms. The first-order valence-electron chi connectivity index (χ1n) is 8.30. The smallest absolute Gasteiger partial charge is 0.334 e. The number of carbonyl (C=O) groups excluding carboxylic acids is 1. The van der Waals surface area contributed by atoms with E-state index in [1.807, 2.05) is 36.4 Å². The molecule has 0 heterocycles. The monoisotopic (exact) mass is 371 g/mol. The lowest BCUT2D eigenvalue weighted by molar-refractivity contribution is -0.147. The maximum atomic E-state index is 12.1. The van der Waals surface area contributed by atoms with Crippen molar-refractivity contribution in [3.05, 3.63) is 71.8 Å². The molecule has 2 aromatic rings. The number of rotatable bonds is 9. The number of ketones is 1.